The molecule has 0 radical (unpaired) electrons. The number of aromatic nitrogens is 2. The molecule has 6 heteroatoms. The second-order valence-corrected chi connectivity index (χ2v) is 8.58. The van der Waals surface area contributed by atoms with E-state index < -0.39 is 0 Å². The van der Waals surface area contributed by atoms with Crippen LogP contribution in [0.4, 0.5) is 10.1 Å². The van der Waals surface area contributed by atoms with Crippen LogP contribution in [-0.4, -0.2) is 46.5 Å². The number of para-hydroxylation sites is 1. The molecule has 31 heavy (non-hydrogen) atoms. The standard InChI is InChI=1S/C25H27FN4O/c1-18-5-4-6-19(15-18)20-9-10-24-27-22(17-30(24)16-20)25(31)29-13-11-28(12-14-29)23-8-3-2-7-21(23)26/h2-8,15,17,20H,9-14,16H2,1H3/t20-/m1/s1. The molecule has 2 aliphatic heterocycles. The van der Waals surface area contributed by atoms with Gasteiger partial charge in [-0.15, -0.1) is 0 Å². The van der Waals surface area contributed by atoms with E-state index in [9.17, 15) is 9.18 Å². The van der Waals surface area contributed by atoms with Gasteiger partial charge in [-0.1, -0.05) is 42.0 Å². The number of nitrogens with zero attached hydrogens (tertiary/aromatic N) is 4. The Bertz CT molecular complexity index is 1100. The number of benzene rings is 2. The molecule has 0 aliphatic carbocycles. The number of carbonyl (C=O) groups is 1. The molecule has 0 N–H and O–H groups in total. The summed E-state index contributed by atoms with van der Waals surface area (Å²) in [7, 11) is 0. The van der Waals surface area contributed by atoms with Crippen molar-refractivity contribution in [3.05, 3.63) is 83.2 Å². The molecule has 5 rings (SSSR count). The predicted molar refractivity (Wildman–Crippen MR) is 119 cm³/mol. The van der Waals surface area contributed by atoms with Gasteiger partial charge in [0.05, 0.1) is 5.69 Å². The predicted octanol–water partition coefficient (Wildman–Crippen LogP) is 4.02. The Morgan fingerprint density at radius 1 is 1.06 bits per heavy atom. The highest BCUT2D eigenvalue weighted by Crippen LogP contribution is 2.29. The van der Waals surface area contributed by atoms with E-state index in [1.165, 1.54) is 17.2 Å². The SMILES string of the molecule is Cc1cccc([C@@H]2CCc3nc(C(=O)N4CCN(c5ccccc5F)CC4)cn3C2)c1. The third-order valence-electron chi connectivity index (χ3n) is 6.49. The zero-order valence-electron chi connectivity index (χ0n) is 17.8. The molecule has 5 nitrogen and oxygen atoms in total. The van der Waals surface area contributed by atoms with Crippen LogP contribution in [0.3, 0.4) is 0 Å². The number of halogens is 1. The summed E-state index contributed by atoms with van der Waals surface area (Å²) in [5, 5.41) is 0. The molecule has 1 amide bonds. The topological polar surface area (TPSA) is 41.4 Å². The summed E-state index contributed by atoms with van der Waals surface area (Å²) < 4.78 is 16.2. The molecule has 3 heterocycles. The molecule has 3 aromatic rings. The van der Waals surface area contributed by atoms with Gasteiger partial charge in [-0.05, 0) is 31.0 Å². The second kappa shape index (κ2) is 8.17. The Labute approximate surface area is 182 Å². The molecule has 1 fully saturated rings. The number of rotatable bonds is 3. The van der Waals surface area contributed by atoms with Crippen LogP contribution in [0.25, 0.3) is 0 Å². The lowest BCUT2D eigenvalue weighted by atomic mass is 9.91. The molecule has 0 bridgehead atoms. The molecular formula is C25H27FN4O. The lowest BCUT2D eigenvalue weighted by Crippen LogP contribution is -2.49. The molecule has 0 spiro atoms. The van der Waals surface area contributed by atoms with Crippen molar-refractivity contribution in [1.29, 1.82) is 0 Å². The third kappa shape index (κ3) is 3.94. The fourth-order valence-electron chi connectivity index (χ4n) is 4.76. The summed E-state index contributed by atoms with van der Waals surface area (Å²) in [6, 6.07) is 15.5. The molecule has 1 atom stereocenters. The monoisotopic (exact) mass is 418 g/mol. The minimum absolute atomic E-state index is 0.0258. The van der Waals surface area contributed by atoms with Gasteiger partial charge in [-0.2, -0.15) is 0 Å². The summed E-state index contributed by atoms with van der Waals surface area (Å²) >= 11 is 0. The quantitative estimate of drug-likeness (QED) is 0.645. The second-order valence-electron chi connectivity index (χ2n) is 8.58. The molecule has 1 saturated heterocycles. The Morgan fingerprint density at radius 2 is 1.87 bits per heavy atom. The van der Waals surface area contributed by atoms with E-state index in [1.54, 1.807) is 12.1 Å². The van der Waals surface area contributed by atoms with E-state index in [4.69, 9.17) is 0 Å². The highest BCUT2D eigenvalue weighted by Gasteiger charge is 2.28. The number of hydrogen-bond acceptors (Lipinski definition) is 3. The molecule has 160 valence electrons. The first-order valence-electron chi connectivity index (χ1n) is 11.0. The largest absolute Gasteiger partial charge is 0.366 e. The van der Waals surface area contributed by atoms with Gasteiger partial charge in [0, 0.05) is 51.3 Å². The van der Waals surface area contributed by atoms with Crippen molar-refractivity contribution in [2.75, 3.05) is 31.1 Å². The van der Waals surface area contributed by atoms with Crippen molar-refractivity contribution in [3.8, 4) is 0 Å². The number of fused-ring (bicyclic) bond motifs is 1. The minimum Gasteiger partial charge on any atom is -0.366 e. The van der Waals surface area contributed by atoms with Gasteiger partial charge in [-0.3, -0.25) is 4.79 Å². The number of imidazole rings is 1. The third-order valence-corrected chi connectivity index (χ3v) is 6.49. The van der Waals surface area contributed by atoms with Gasteiger partial charge in [0.15, 0.2) is 0 Å². The molecule has 1 aromatic heterocycles. The first kappa shape index (κ1) is 19.8. The van der Waals surface area contributed by atoms with Crippen LogP contribution in [0, 0.1) is 12.7 Å². The van der Waals surface area contributed by atoms with Crippen LogP contribution in [0.5, 0.6) is 0 Å². The van der Waals surface area contributed by atoms with Crippen LogP contribution in [-0.2, 0) is 13.0 Å². The van der Waals surface area contributed by atoms with E-state index in [0.717, 1.165) is 25.2 Å². The van der Waals surface area contributed by atoms with Crippen LogP contribution in [0.2, 0.25) is 0 Å². The van der Waals surface area contributed by atoms with Crippen molar-refractivity contribution in [2.24, 2.45) is 0 Å². The number of anilines is 1. The number of amides is 1. The molecule has 2 aliphatic rings. The van der Waals surface area contributed by atoms with E-state index in [1.807, 2.05) is 22.1 Å². The summed E-state index contributed by atoms with van der Waals surface area (Å²) in [5.41, 5.74) is 3.77. The Morgan fingerprint density at radius 3 is 2.65 bits per heavy atom. The first-order valence-corrected chi connectivity index (χ1v) is 11.0. The van der Waals surface area contributed by atoms with Crippen LogP contribution in [0.1, 0.15) is 39.8 Å². The Hall–Kier alpha value is -3.15. The summed E-state index contributed by atoms with van der Waals surface area (Å²) in [6.07, 6.45) is 3.85. The molecule has 0 saturated carbocycles. The normalized spacial score (nSPS) is 18.7. The Kier molecular flexibility index (Phi) is 5.22. The number of aryl methyl sites for hydroxylation is 2. The lowest BCUT2D eigenvalue weighted by Gasteiger charge is -2.35. The van der Waals surface area contributed by atoms with E-state index in [-0.39, 0.29) is 11.7 Å². The van der Waals surface area contributed by atoms with Gasteiger partial charge in [0.2, 0.25) is 0 Å². The molecule has 2 aromatic carbocycles. The summed E-state index contributed by atoms with van der Waals surface area (Å²) in [6.45, 7) is 5.37. The van der Waals surface area contributed by atoms with E-state index in [2.05, 4.69) is 40.7 Å². The van der Waals surface area contributed by atoms with Crippen molar-refractivity contribution in [1.82, 2.24) is 14.5 Å². The highest BCUT2D eigenvalue weighted by molar-refractivity contribution is 5.92. The van der Waals surface area contributed by atoms with Gasteiger partial charge < -0.3 is 14.4 Å². The van der Waals surface area contributed by atoms with Crippen LogP contribution in [0.15, 0.2) is 54.7 Å². The maximum atomic E-state index is 14.1. The fraction of sp³-hybridized carbons (Fsp3) is 0.360. The lowest BCUT2D eigenvalue weighted by molar-refractivity contribution is 0.0741. The number of piperazine rings is 1. The molecule has 0 unspecified atom stereocenters. The van der Waals surface area contributed by atoms with Crippen molar-refractivity contribution in [2.45, 2.75) is 32.2 Å². The van der Waals surface area contributed by atoms with Gasteiger partial charge >= 0.3 is 0 Å². The zero-order chi connectivity index (χ0) is 21.4. The Balaban J connectivity index is 1.25. The maximum absolute atomic E-state index is 14.1. The average Bonchev–Trinajstić information content (AvgIpc) is 3.22. The van der Waals surface area contributed by atoms with E-state index in [0.29, 0.717) is 43.5 Å². The van der Waals surface area contributed by atoms with E-state index >= 15 is 0 Å². The van der Waals surface area contributed by atoms with Crippen LogP contribution < -0.4 is 4.90 Å². The average molecular weight is 419 g/mol. The maximum Gasteiger partial charge on any atom is 0.274 e. The van der Waals surface area contributed by atoms with Gasteiger partial charge in [0.25, 0.3) is 5.91 Å². The van der Waals surface area contributed by atoms with Gasteiger partial charge in [-0.25, -0.2) is 9.37 Å². The molecular weight excluding hydrogens is 391 g/mol. The van der Waals surface area contributed by atoms with Crippen molar-refractivity contribution < 1.29 is 9.18 Å². The fourth-order valence-corrected chi connectivity index (χ4v) is 4.76. The smallest absolute Gasteiger partial charge is 0.274 e. The highest BCUT2D eigenvalue weighted by atomic mass is 19.1. The van der Waals surface area contributed by atoms with Gasteiger partial charge in [0.1, 0.15) is 17.3 Å². The van der Waals surface area contributed by atoms with Crippen molar-refractivity contribution >= 4 is 11.6 Å². The first-order chi connectivity index (χ1) is 15.1. The summed E-state index contributed by atoms with van der Waals surface area (Å²) in [5.74, 6) is 1.21. The summed E-state index contributed by atoms with van der Waals surface area (Å²) in [4.78, 5) is 21.6. The minimum atomic E-state index is -0.216. The number of carbonyl (C=O) groups excluding carboxylic acids is 1. The van der Waals surface area contributed by atoms with Crippen LogP contribution >= 0.6 is 0 Å². The zero-order valence-corrected chi connectivity index (χ0v) is 17.8. The van der Waals surface area contributed by atoms with Crippen molar-refractivity contribution in [3.63, 3.8) is 0 Å². The number of hydrogen-bond donors (Lipinski definition) is 0.